The summed E-state index contributed by atoms with van der Waals surface area (Å²) in [5, 5.41) is 13.8. The number of carbonyl (C=O) groups is 1. The molecule has 1 aliphatic heterocycles. The van der Waals surface area contributed by atoms with Crippen molar-refractivity contribution in [3.05, 3.63) is 66.2 Å². The van der Waals surface area contributed by atoms with Crippen LogP contribution in [0.15, 0.2) is 65.6 Å². The van der Waals surface area contributed by atoms with Crippen molar-refractivity contribution in [2.75, 3.05) is 13.1 Å². The van der Waals surface area contributed by atoms with E-state index in [1.54, 1.807) is 30.3 Å². The van der Waals surface area contributed by atoms with Crippen LogP contribution in [0.5, 0.6) is 0 Å². The molecular formula is C23H28N2O4S. The number of hydrogen-bond acceptors (Lipinski definition) is 4. The average Bonchev–Trinajstić information content (AvgIpc) is 3.59. The van der Waals surface area contributed by atoms with Crippen LogP contribution in [-0.2, 0) is 14.8 Å². The first-order chi connectivity index (χ1) is 14.4. The molecular weight excluding hydrogens is 400 g/mol. The molecule has 2 aliphatic rings. The lowest BCUT2D eigenvalue weighted by Gasteiger charge is -2.34. The highest BCUT2D eigenvalue weighted by atomic mass is 32.2. The van der Waals surface area contributed by atoms with E-state index in [9.17, 15) is 18.3 Å². The Morgan fingerprint density at radius 2 is 1.70 bits per heavy atom. The Bertz CT molecular complexity index is 975. The molecule has 1 heterocycles. The third-order valence-corrected chi connectivity index (χ3v) is 8.23. The van der Waals surface area contributed by atoms with Gasteiger partial charge in [0, 0.05) is 18.5 Å². The number of nitrogens with zero attached hydrogens (tertiary/aromatic N) is 1. The zero-order valence-electron chi connectivity index (χ0n) is 16.9. The number of nitrogens with one attached hydrogen (secondary N) is 1. The maximum absolute atomic E-state index is 13.1. The molecule has 2 aromatic carbocycles. The van der Waals surface area contributed by atoms with Gasteiger partial charge < -0.3 is 10.4 Å². The topological polar surface area (TPSA) is 86.7 Å². The normalized spacial score (nSPS) is 22.2. The van der Waals surface area contributed by atoms with Gasteiger partial charge in [-0.2, -0.15) is 4.31 Å². The van der Waals surface area contributed by atoms with Crippen LogP contribution in [0.3, 0.4) is 0 Å². The van der Waals surface area contributed by atoms with E-state index in [-0.39, 0.29) is 16.2 Å². The molecule has 2 atom stereocenters. The molecule has 30 heavy (non-hydrogen) atoms. The molecule has 2 unspecified atom stereocenters. The molecule has 1 amide bonds. The van der Waals surface area contributed by atoms with Gasteiger partial charge in [0.2, 0.25) is 15.9 Å². The van der Waals surface area contributed by atoms with E-state index in [2.05, 4.69) is 5.32 Å². The van der Waals surface area contributed by atoms with E-state index in [4.69, 9.17) is 0 Å². The van der Waals surface area contributed by atoms with Gasteiger partial charge in [0.1, 0.15) is 6.04 Å². The minimum Gasteiger partial charge on any atom is -0.388 e. The first-order valence-electron chi connectivity index (χ1n) is 10.5. The second-order valence-electron chi connectivity index (χ2n) is 8.33. The zero-order valence-corrected chi connectivity index (χ0v) is 17.7. The first kappa shape index (κ1) is 21.0. The molecule has 1 saturated heterocycles. The van der Waals surface area contributed by atoms with Crippen LogP contribution in [-0.4, -0.2) is 42.9 Å². The average molecular weight is 429 g/mol. The Kier molecular flexibility index (Phi) is 5.95. The molecule has 7 heteroatoms. The minimum atomic E-state index is -3.73. The van der Waals surface area contributed by atoms with Crippen LogP contribution >= 0.6 is 0 Å². The van der Waals surface area contributed by atoms with Crippen LogP contribution in [0.2, 0.25) is 0 Å². The second kappa shape index (κ2) is 8.49. The lowest BCUT2D eigenvalue weighted by Crippen LogP contribution is -2.52. The van der Waals surface area contributed by atoms with Crippen molar-refractivity contribution in [2.24, 2.45) is 5.41 Å². The van der Waals surface area contributed by atoms with E-state index in [1.165, 1.54) is 4.31 Å². The van der Waals surface area contributed by atoms with Crippen LogP contribution in [0, 0.1) is 5.41 Å². The third kappa shape index (κ3) is 4.15. The van der Waals surface area contributed by atoms with Crippen molar-refractivity contribution in [1.29, 1.82) is 0 Å². The van der Waals surface area contributed by atoms with Crippen molar-refractivity contribution >= 4 is 15.9 Å². The van der Waals surface area contributed by atoms with Gasteiger partial charge in [-0.3, -0.25) is 4.79 Å². The lowest BCUT2D eigenvalue weighted by molar-refractivity contribution is -0.126. The standard InChI is InChI=1S/C23H28N2O4S/c26-21(18-9-3-1-4-10-18)23(14-15-23)17-24-22(27)20-13-7-8-16-25(20)30(28,29)19-11-5-2-6-12-19/h1-6,9-12,20-21,26H,7-8,13-17H2,(H,24,27). The molecule has 2 N–H and O–H groups in total. The molecule has 6 nitrogen and oxygen atoms in total. The fourth-order valence-corrected chi connectivity index (χ4v) is 5.94. The van der Waals surface area contributed by atoms with E-state index in [1.807, 2.05) is 30.3 Å². The second-order valence-corrected chi connectivity index (χ2v) is 10.2. The summed E-state index contributed by atoms with van der Waals surface area (Å²) in [6.07, 6.45) is 3.09. The minimum absolute atomic E-state index is 0.211. The van der Waals surface area contributed by atoms with Crippen LogP contribution < -0.4 is 5.32 Å². The number of aliphatic hydroxyl groups excluding tert-OH is 1. The van der Waals surface area contributed by atoms with Crippen molar-refractivity contribution in [2.45, 2.75) is 49.1 Å². The fourth-order valence-electron chi connectivity index (χ4n) is 4.26. The van der Waals surface area contributed by atoms with Gasteiger partial charge in [0.25, 0.3) is 0 Å². The van der Waals surface area contributed by atoms with Gasteiger partial charge in [-0.15, -0.1) is 0 Å². The summed E-state index contributed by atoms with van der Waals surface area (Å²) in [6.45, 7) is 0.685. The Labute approximate surface area is 178 Å². The largest absolute Gasteiger partial charge is 0.388 e. The van der Waals surface area contributed by atoms with Crippen LogP contribution in [0.4, 0.5) is 0 Å². The van der Waals surface area contributed by atoms with Crippen LogP contribution in [0.1, 0.15) is 43.8 Å². The molecule has 0 radical (unpaired) electrons. The SMILES string of the molecule is O=C(NCC1(C(O)c2ccccc2)CC1)C1CCCCN1S(=O)(=O)c1ccccc1. The Balaban J connectivity index is 1.46. The predicted molar refractivity (Wildman–Crippen MR) is 114 cm³/mol. The highest BCUT2D eigenvalue weighted by Gasteiger charge is 2.50. The summed E-state index contributed by atoms with van der Waals surface area (Å²) < 4.78 is 27.6. The molecule has 2 aromatic rings. The van der Waals surface area contributed by atoms with E-state index >= 15 is 0 Å². The Hall–Kier alpha value is -2.22. The van der Waals surface area contributed by atoms with Crippen molar-refractivity contribution in [3.63, 3.8) is 0 Å². The zero-order chi connectivity index (χ0) is 21.2. The number of aliphatic hydroxyl groups is 1. The van der Waals surface area contributed by atoms with Crippen molar-refractivity contribution in [1.82, 2.24) is 9.62 Å². The van der Waals surface area contributed by atoms with E-state index in [0.29, 0.717) is 19.5 Å². The smallest absolute Gasteiger partial charge is 0.243 e. The highest BCUT2D eigenvalue weighted by molar-refractivity contribution is 7.89. The third-order valence-electron chi connectivity index (χ3n) is 6.31. The van der Waals surface area contributed by atoms with E-state index in [0.717, 1.165) is 31.2 Å². The quantitative estimate of drug-likeness (QED) is 0.710. The van der Waals surface area contributed by atoms with Gasteiger partial charge in [0.05, 0.1) is 11.0 Å². The van der Waals surface area contributed by atoms with Crippen LogP contribution in [0.25, 0.3) is 0 Å². The first-order valence-corrected chi connectivity index (χ1v) is 12.0. The van der Waals surface area contributed by atoms with Gasteiger partial charge in [-0.25, -0.2) is 8.42 Å². The Morgan fingerprint density at radius 1 is 1.07 bits per heavy atom. The summed E-state index contributed by atoms with van der Waals surface area (Å²) in [5.41, 5.74) is 0.477. The molecule has 0 bridgehead atoms. The number of carbonyl (C=O) groups excluding carboxylic acids is 1. The number of benzene rings is 2. The maximum Gasteiger partial charge on any atom is 0.243 e. The summed E-state index contributed by atoms with van der Waals surface area (Å²) in [5.74, 6) is -0.277. The lowest BCUT2D eigenvalue weighted by atomic mass is 9.92. The Morgan fingerprint density at radius 3 is 2.33 bits per heavy atom. The summed E-state index contributed by atoms with van der Waals surface area (Å²) >= 11 is 0. The molecule has 1 saturated carbocycles. The number of hydrogen-bond donors (Lipinski definition) is 2. The van der Waals surface area contributed by atoms with Gasteiger partial charge in [-0.05, 0) is 43.4 Å². The summed E-state index contributed by atoms with van der Waals surface area (Å²) in [7, 11) is -3.73. The summed E-state index contributed by atoms with van der Waals surface area (Å²) in [6, 6.07) is 17.0. The molecule has 0 spiro atoms. The van der Waals surface area contributed by atoms with Gasteiger partial charge >= 0.3 is 0 Å². The number of rotatable bonds is 7. The van der Waals surface area contributed by atoms with Gasteiger partial charge in [-0.1, -0.05) is 55.0 Å². The van der Waals surface area contributed by atoms with Crippen molar-refractivity contribution < 1.29 is 18.3 Å². The fraction of sp³-hybridized carbons (Fsp3) is 0.435. The number of sulfonamides is 1. The molecule has 160 valence electrons. The predicted octanol–water partition coefficient (Wildman–Crippen LogP) is 2.86. The highest BCUT2D eigenvalue weighted by Crippen LogP contribution is 2.54. The number of piperidine rings is 1. The molecule has 2 fully saturated rings. The molecule has 0 aromatic heterocycles. The maximum atomic E-state index is 13.1. The molecule has 4 rings (SSSR count). The summed E-state index contributed by atoms with van der Waals surface area (Å²) in [4.78, 5) is 13.2. The van der Waals surface area contributed by atoms with Gasteiger partial charge in [0.15, 0.2) is 0 Å². The van der Waals surface area contributed by atoms with Crippen molar-refractivity contribution in [3.8, 4) is 0 Å². The molecule has 1 aliphatic carbocycles. The monoisotopic (exact) mass is 428 g/mol. The van der Waals surface area contributed by atoms with E-state index < -0.39 is 22.2 Å². The number of amides is 1.